The van der Waals surface area contributed by atoms with Crippen molar-refractivity contribution >= 4 is 21.4 Å². The molecule has 1 aliphatic rings. The fourth-order valence-electron chi connectivity index (χ4n) is 4.55. The number of aliphatic hydroxyl groups is 1. The highest BCUT2D eigenvalue weighted by Crippen LogP contribution is 2.50. The normalized spacial score (nSPS) is 22.6. The summed E-state index contributed by atoms with van der Waals surface area (Å²) in [5.41, 5.74) is -0.165. The van der Waals surface area contributed by atoms with Crippen LogP contribution in [-0.2, 0) is 14.6 Å². The number of aliphatic hydroxyl groups excluding tert-OH is 1. The average Bonchev–Trinajstić information content (AvgIpc) is 3.31. The summed E-state index contributed by atoms with van der Waals surface area (Å²) >= 11 is 5.91. The van der Waals surface area contributed by atoms with Gasteiger partial charge in [-0.25, -0.2) is 22.2 Å². The summed E-state index contributed by atoms with van der Waals surface area (Å²) in [5, 5.41) is 17.1. The number of halogens is 3. The number of hydrogen-bond acceptors (Lipinski definition) is 5. The van der Waals surface area contributed by atoms with Gasteiger partial charge in [0.15, 0.2) is 15.7 Å². The zero-order valence-corrected chi connectivity index (χ0v) is 18.6. The maximum atomic E-state index is 14.9. The van der Waals surface area contributed by atoms with Crippen LogP contribution in [0.4, 0.5) is 8.78 Å². The van der Waals surface area contributed by atoms with E-state index in [-0.39, 0.29) is 29.2 Å². The average molecular weight is 482 g/mol. The molecule has 1 heterocycles. The number of aromatic amines is 1. The summed E-state index contributed by atoms with van der Waals surface area (Å²) in [6, 6.07) is 8.61. The zero-order chi connectivity index (χ0) is 22.9. The van der Waals surface area contributed by atoms with E-state index in [9.17, 15) is 22.3 Å². The molecular weight excluding hydrogens is 460 g/mol. The van der Waals surface area contributed by atoms with E-state index in [4.69, 9.17) is 11.6 Å². The van der Waals surface area contributed by atoms with Crippen molar-refractivity contribution in [2.45, 2.75) is 47.9 Å². The highest BCUT2D eigenvalue weighted by atomic mass is 35.5. The molecule has 10 heteroatoms. The maximum absolute atomic E-state index is 14.9. The summed E-state index contributed by atoms with van der Waals surface area (Å²) in [6.45, 7) is 0. The molecule has 1 saturated carbocycles. The Morgan fingerprint density at radius 3 is 2.47 bits per heavy atom. The topological polar surface area (TPSA) is 95.9 Å². The molecule has 32 heavy (non-hydrogen) atoms. The second-order valence-electron chi connectivity index (χ2n) is 8.14. The lowest BCUT2D eigenvalue weighted by molar-refractivity contribution is 0.118. The minimum Gasteiger partial charge on any atom is -0.385 e. The molecule has 6 nitrogen and oxygen atoms in total. The van der Waals surface area contributed by atoms with Gasteiger partial charge in [-0.3, -0.25) is 5.10 Å². The first kappa shape index (κ1) is 22.8. The van der Waals surface area contributed by atoms with Gasteiger partial charge in [-0.05, 0) is 80.5 Å². The predicted molar refractivity (Wildman–Crippen MR) is 115 cm³/mol. The number of hydrogen-bond donors (Lipinski definition) is 2. The van der Waals surface area contributed by atoms with Gasteiger partial charge in [0.05, 0.1) is 4.90 Å². The van der Waals surface area contributed by atoms with Gasteiger partial charge in [-0.2, -0.15) is 5.10 Å². The van der Waals surface area contributed by atoms with Crippen molar-refractivity contribution in [3.05, 3.63) is 76.8 Å². The third-order valence-corrected chi connectivity index (χ3v) is 9.08. The monoisotopic (exact) mass is 481 g/mol. The molecule has 1 aliphatic carbocycles. The molecule has 1 aromatic heterocycles. The first-order valence-corrected chi connectivity index (χ1v) is 12.1. The molecule has 0 amide bonds. The van der Waals surface area contributed by atoms with Crippen molar-refractivity contribution in [1.29, 1.82) is 0 Å². The molecule has 1 unspecified atom stereocenters. The number of rotatable bonds is 6. The largest absolute Gasteiger partial charge is 0.385 e. The van der Waals surface area contributed by atoms with Gasteiger partial charge >= 0.3 is 0 Å². The molecular formula is C22H22ClF2N3O3S. The van der Waals surface area contributed by atoms with Crippen LogP contribution in [0.3, 0.4) is 0 Å². The summed E-state index contributed by atoms with van der Waals surface area (Å²) in [4.78, 5) is 3.96. The molecule has 3 aromatic rings. The molecule has 1 atom stereocenters. The lowest BCUT2D eigenvalue weighted by Crippen LogP contribution is -2.41. The first-order chi connectivity index (χ1) is 15.2. The number of nitrogens with zero attached hydrogens (tertiary/aromatic N) is 2. The van der Waals surface area contributed by atoms with Crippen molar-refractivity contribution in [3.63, 3.8) is 0 Å². The maximum Gasteiger partial charge on any atom is 0.188 e. The SMILES string of the molecule is O=S(=O)(c1ccc(Cl)cc1)C1(c2cc(F)ccc2F)CCC(CC(O)c2ncn[nH]2)CC1. The summed E-state index contributed by atoms with van der Waals surface area (Å²) < 4.78 is 55.0. The fraction of sp³-hybridized carbons (Fsp3) is 0.364. The van der Waals surface area contributed by atoms with E-state index >= 15 is 0 Å². The zero-order valence-electron chi connectivity index (χ0n) is 17.0. The Labute approximate surface area is 189 Å². The lowest BCUT2D eigenvalue weighted by Gasteiger charge is -2.40. The van der Waals surface area contributed by atoms with Crippen LogP contribution in [-0.4, -0.2) is 28.7 Å². The third-order valence-electron chi connectivity index (χ3n) is 6.28. The van der Waals surface area contributed by atoms with E-state index < -0.39 is 32.3 Å². The van der Waals surface area contributed by atoms with Crippen molar-refractivity contribution in [2.24, 2.45) is 5.92 Å². The van der Waals surface area contributed by atoms with Gasteiger partial charge in [-0.15, -0.1) is 0 Å². The molecule has 0 spiro atoms. The van der Waals surface area contributed by atoms with Crippen molar-refractivity contribution in [1.82, 2.24) is 15.2 Å². The van der Waals surface area contributed by atoms with E-state index in [1.807, 2.05) is 0 Å². The van der Waals surface area contributed by atoms with E-state index in [1.54, 1.807) is 0 Å². The third kappa shape index (κ3) is 4.16. The van der Waals surface area contributed by atoms with Crippen LogP contribution in [0.15, 0.2) is 53.7 Å². The Hall–Kier alpha value is -2.36. The summed E-state index contributed by atoms with van der Waals surface area (Å²) in [5.74, 6) is -1.13. The molecule has 1 fully saturated rings. The van der Waals surface area contributed by atoms with Gasteiger partial charge < -0.3 is 5.11 Å². The van der Waals surface area contributed by atoms with Gasteiger partial charge in [0, 0.05) is 10.6 Å². The van der Waals surface area contributed by atoms with Crippen LogP contribution in [0.25, 0.3) is 0 Å². The Morgan fingerprint density at radius 2 is 1.84 bits per heavy atom. The van der Waals surface area contributed by atoms with Gasteiger partial charge in [0.25, 0.3) is 0 Å². The number of nitrogens with one attached hydrogen (secondary N) is 1. The quantitative estimate of drug-likeness (QED) is 0.531. The molecule has 2 N–H and O–H groups in total. The van der Waals surface area contributed by atoms with Crippen LogP contribution in [0.2, 0.25) is 5.02 Å². The number of benzene rings is 2. The van der Waals surface area contributed by atoms with E-state index in [2.05, 4.69) is 15.2 Å². The smallest absolute Gasteiger partial charge is 0.188 e. The van der Waals surface area contributed by atoms with Crippen molar-refractivity contribution < 1.29 is 22.3 Å². The van der Waals surface area contributed by atoms with Crippen LogP contribution in [0.5, 0.6) is 0 Å². The van der Waals surface area contributed by atoms with Crippen LogP contribution in [0, 0.1) is 17.6 Å². The minimum absolute atomic E-state index is 0.00528. The molecule has 170 valence electrons. The first-order valence-electron chi connectivity index (χ1n) is 10.2. The van der Waals surface area contributed by atoms with Crippen LogP contribution < -0.4 is 0 Å². The number of sulfone groups is 1. The van der Waals surface area contributed by atoms with Crippen LogP contribution >= 0.6 is 11.6 Å². The van der Waals surface area contributed by atoms with E-state index in [0.29, 0.717) is 30.1 Å². The molecule has 0 aliphatic heterocycles. The standard InChI is InChI=1S/C22H22ClF2N3O3S/c23-15-1-4-17(5-2-15)32(30,31)22(18-12-16(24)3-6-19(18)25)9-7-14(8-10-22)11-20(29)21-26-13-27-28-21/h1-6,12-14,20,29H,7-11H2,(H,26,27,28). The molecule has 0 radical (unpaired) electrons. The van der Waals surface area contributed by atoms with Crippen LogP contribution in [0.1, 0.15) is 49.6 Å². The minimum atomic E-state index is -4.08. The highest BCUT2D eigenvalue weighted by molar-refractivity contribution is 7.92. The summed E-state index contributed by atoms with van der Waals surface area (Å²) in [7, 11) is -4.08. The van der Waals surface area contributed by atoms with Gasteiger partial charge in [-0.1, -0.05) is 11.6 Å². The Bertz CT molecular complexity index is 1180. The number of H-pyrrole nitrogens is 1. The highest BCUT2D eigenvalue weighted by Gasteiger charge is 2.50. The van der Waals surface area contributed by atoms with Gasteiger partial charge in [0.2, 0.25) is 0 Å². The molecule has 2 aromatic carbocycles. The summed E-state index contributed by atoms with van der Waals surface area (Å²) in [6.07, 6.45) is 1.79. The van der Waals surface area contributed by atoms with Gasteiger partial charge in [0.1, 0.15) is 28.8 Å². The Kier molecular flexibility index (Phi) is 6.33. The second kappa shape index (κ2) is 8.88. The lowest BCUT2D eigenvalue weighted by atomic mass is 9.76. The number of aromatic nitrogens is 3. The van der Waals surface area contributed by atoms with E-state index in [0.717, 1.165) is 18.2 Å². The van der Waals surface area contributed by atoms with E-state index in [1.165, 1.54) is 30.6 Å². The predicted octanol–water partition coefficient (Wildman–Crippen LogP) is 4.72. The second-order valence-corrected chi connectivity index (χ2v) is 10.8. The van der Waals surface area contributed by atoms with Crippen molar-refractivity contribution in [2.75, 3.05) is 0 Å². The Balaban J connectivity index is 1.69. The fourth-order valence-corrected chi connectivity index (χ4v) is 6.84. The van der Waals surface area contributed by atoms with Crippen molar-refractivity contribution in [3.8, 4) is 0 Å². The Morgan fingerprint density at radius 1 is 1.16 bits per heavy atom. The molecule has 0 saturated heterocycles. The molecule has 0 bridgehead atoms. The molecule has 4 rings (SSSR count).